The zero-order valence-corrected chi connectivity index (χ0v) is 14.8. The normalized spacial score (nSPS) is 17.7. The van der Waals surface area contributed by atoms with Crippen LogP contribution in [0.5, 0.6) is 5.75 Å². The van der Waals surface area contributed by atoms with Crippen LogP contribution in [0, 0.1) is 0 Å². The second-order valence-corrected chi connectivity index (χ2v) is 6.56. The van der Waals surface area contributed by atoms with E-state index in [4.69, 9.17) is 9.84 Å². The van der Waals surface area contributed by atoms with Gasteiger partial charge in [0.2, 0.25) is 0 Å². The number of anilines is 1. The number of aromatic nitrogens is 1. The molecule has 2 aromatic rings. The maximum Gasteiger partial charge on any atom is 0.128 e. The fraction of sp³-hybridized carbons (Fsp3) is 0.450. The molecule has 0 spiro atoms. The Kier molecular flexibility index (Phi) is 6.25. The number of likely N-dealkylation sites (N-methyl/N-ethyl adjacent to an activating group) is 1. The molecule has 0 bridgehead atoms. The van der Waals surface area contributed by atoms with Crippen LogP contribution in [-0.2, 0) is 6.54 Å². The maximum absolute atomic E-state index is 8.89. The van der Waals surface area contributed by atoms with Crippen LogP contribution in [0.4, 0.5) is 5.82 Å². The van der Waals surface area contributed by atoms with E-state index >= 15 is 0 Å². The average molecular weight is 341 g/mol. The van der Waals surface area contributed by atoms with E-state index in [1.807, 2.05) is 30.5 Å². The molecule has 1 atom stereocenters. The van der Waals surface area contributed by atoms with Crippen molar-refractivity contribution in [2.24, 2.45) is 0 Å². The van der Waals surface area contributed by atoms with Crippen molar-refractivity contribution < 1.29 is 9.84 Å². The van der Waals surface area contributed by atoms with Crippen molar-refractivity contribution in [2.75, 3.05) is 38.3 Å². The van der Waals surface area contributed by atoms with Crippen LogP contribution in [0.1, 0.15) is 18.4 Å². The van der Waals surface area contributed by atoms with Crippen LogP contribution in [0.25, 0.3) is 0 Å². The molecule has 0 unspecified atom stereocenters. The van der Waals surface area contributed by atoms with Gasteiger partial charge in [-0.25, -0.2) is 4.98 Å². The molecule has 1 aliphatic heterocycles. The quantitative estimate of drug-likeness (QED) is 0.839. The van der Waals surface area contributed by atoms with Gasteiger partial charge in [-0.3, -0.25) is 4.90 Å². The van der Waals surface area contributed by atoms with Gasteiger partial charge in [0.1, 0.15) is 18.2 Å². The minimum absolute atomic E-state index is 0.0373. The van der Waals surface area contributed by atoms with Crippen LogP contribution in [0.15, 0.2) is 48.7 Å². The molecular weight excluding hydrogens is 314 g/mol. The monoisotopic (exact) mass is 341 g/mol. The summed E-state index contributed by atoms with van der Waals surface area (Å²) in [6.45, 7) is 3.34. The fourth-order valence-corrected chi connectivity index (χ4v) is 3.38. The highest BCUT2D eigenvalue weighted by Crippen LogP contribution is 2.22. The number of pyridine rings is 1. The summed E-state index contributed by atoms with van der Waals surface area (Å²) in [7, 11) is 2.19. The van der Waals surface area contributed by atoms with Crippen molar-refractivity contribution in [3.8, 4) is 5.75 Å². The average Bonchev–Trinajstić information content (AvgIpc) is 2.67. The lowest BCUT2D eigenvalue weighted by Crippen LogP contribution is -2.46. The van der Waals surface area contributed by atoms with Gasteiger partial charge in [0, 0.05) is 31.9 Å². The van der Waals surface area contributed by atoms with E-state index in [2.05, 4.69) is 40.0 Å². The van der Waals surface area contributed by atoms with Gasteiger partial charge in [0.15, 0.2) is 0 Å². The maximum atomic E-state index is 8.89. The van der Waals surface area contributed by atoms with Crippen LogP contribution in [0.3, 0.4) is 0 Å². The summed E-state index contributed by atoms with van der Waals surface area (Å²) in [5, 5.41) is 8.89. The van der Waals surface area contributed by atoms with Gasteiger partial charge in [-0.1, -0.05) is 18.2 Å². The van der Waals surface area contributed by atoms with Gasteiger partial charge in [0.05, 0.1) is 6.61 Å². The molecule has 1 aromatic carbocycles. The standard InChI is InChI=1S/C20H27N3O2/c1-22(15-17-6-4-8-19(14-17)25-13-12-24)18-7-5-11-23(16-18)20-9-2-3-10-21-20/h2-4,6,8-10,14,18,24H,5,7,11-13,15-16H2,1H3/t18-/m0/s1. The molecule has 3 rings (SSSR count). The second kappa shape index (κ2) is 8.83. The summed E-state index contributed by atoms with van der Waals surface area (Å²) < 4.78 is 5.51. The van der Waals surface area contributed by atoms with Gasteiger partial charge < -0.3 is 14.7 Å². The molecule has 0 amide bonds. The summed E-state index contributed by atoms with van der Waals surface area (Å²) >= 11 is 0. The lowest BCUT2D eigenvalue weighted by Gasteiger charge is -2.38. The summed E-state index contributed by atoms with van der Waals surface area (Å²) in [5.74, 6) is 1.89. The molecule has 0 aliphatic carbocycles. The van der Waals surface area contributed by atoms with Gasteiger partial charge in [-0.2, -0.15) is 0 Å². The lowest BCUT2D eigenvalue weighted by atomic mass is 10.0. The number of hydrogen-bond donors (Lipinski definition) is 1. The molecule has 5 nitrogen and oxygen atoms in total. The summed E-state index contributed by atoms with van der Waals surface area (Å²) in [6.07, 6.45) is 4.26. The van der Waals surface area contributed by atoms with Gasteiger partial charge >= 0.3 is 0 Å². The molecule has 0 saturated carbocycles. The predicted octanol–water partition coefficient (Wildman–Crippen LogP) is 2.55. The van der Waals surface area contributed by atoms with Gasteiger partial charge in [-0.15, -0.1) is 0 Å². The van der Waals surface area contributed by atoms with Gasteiger partial charge in [-0.05, 0) is 49.7 Å². The molecule has 1 aromatic heterocycles. The summed E-state index contributed by atoms with van der Waals surface area (Å²) in [6, 6.07) is 14.7. The van der Waals surface area contributed by atoms with E-state index < -0.39 is 0 Å². The molecule has 0 radical (unpaired) electrons. The number of hydrogen-bond acceptors (Lipinski definition) is 5. The summed E-state index contributed by atoms with van der Waals surface area (Å²) in [4.78, 5) is 9.29. The molecule has 1 aliphatic rings. The highest BCUT2D eigenvalue weighted by Gasteiger charge is 2.24. The van der Waals surface area contributed by atoms with Gasteiger partial charge in [0.25, 0.3) is 0 Å². The molecule has 1 N–H and O–H groups in total. The van der Waals surface area contributed by atoms with E-state index in [0.717, 1.165) is 31.2 Å². The Morgan fingerprint density at radius 1 is 1.28 bits per heavy atom. The van der Waals surface area contributed by atoms with E-state index in [9.17, 15) is 0 Å². The van der Waals surface area contributed by atoms with Crippen LogP contribution >= 0.6 is 0 Å². The zero-order valence-electron chi connectivity index (χ0n) is 14.8. The highest BCUT2D eigenvalue weighted by molar-refractivity contribution is 5.38. The topological polar surface area (TPSA) is 48.8 Å². The number of piperidine rings is 1. The molecular formula is C20H27N3O2. The lowest BCUT2D eigenvalue weighted by molar-refractivity contribution is 0.199. The number of benzene rings is 1. The third-order valence-electron chi connectivity index (χ3n) is 4.68. The minimum Gasteiger partial charge on any atom is -0.491 e. The smallest absolute Gasteiger partial charge is 0.128 e. The van der Waals surface area contributed by atoms with Crippen LogP contribution in [0.2, 0.25) is 0 Å². The molecule has 134 valence electrons. The first-order valence-corrected chi connectivity index (χ1v) is 8.95. The van der Waals surface area contributed by atoms with E-state index in [1.54, 1.807) is 0 Å². The zero-order chi connectivity index (χ0) is 17.5. The van der Waals surface area contributed by atoms with Crippen molar-refractivity contribution >= 4 is 5.82 Å². The highest BCUT2D eigenvalue weighted by atomic mass is 16.5. The fourth-order valence-electron chi connectivity index (χ4n) is 3.38. The molecule has 1 fully saturated rings. The summed E-state index contributed by atoms with van der Waals surface area (Å²) in [5.41, 5.74) is 1.23. The Bertz CT molecular complexity index is 650. The van der Waals surface area contributed by atoms with Crippen molar-refractivity contribution in [1.82, 2.24) is 9.88 Å². The SMILES string of the molecule is CN(Cc1cccc(OCCO)c1)[C@H]1CCCN(c2ccccn2)C1. The Balaban J connectivity index is 1.60. The first-order valence-electron chi connectivity index (χ1n) is 8.95. The minimum atomic E-state index is 0.0373. The van der Waals surface area contributed by atoms with Crippen molar-refractivity contribution in [1.29, 1.82) is 0 Å². The van der Waals surface area contributed by atoms with E-state index in [-0.39, 0.29) is 6.61 Å². The Morgan fingerprint density at radius 2 is 2.20 bits per heavy atom. The third-order valence-corrected chi connectivity index (χ3v) is 4.68. The third kappa shape index (κ3) is 4.94. The Hall–Kier alpha value is -2.11. The second-order valence-electron chi connectivity index (χ2n) is 6.56. The first kappa shape index (κ1) is 17.7. The molecule has 5 heteroatoms. The van der Waals surface area contributed by atoms with Crippen molar-refractivity contribution in [3.05, 3.63) is 54.2 Å². The van der Waals surface area contributed by atoms with Crippen molar-refractivity contribution in [2.45, 2.75) is 25.4 Å². The number of ether oxygens (including phenoxy) is 1. The van der Waals surface area contributed by atoms with E-state index in [0.29, 0.717) is 12.6 Å². The number of aliphatic hydroxyl groups is 1. The molecule has 25 heavy (non-hydrogen) atoms. The number of rotatable bonds is 7. The number of aliphatic hydroxyl groups excluding tert-OH is 1. The molecule has 1 saturated heterocycles. The Morgan fingerprint density at radius 3 is 3.00 bits per heavy atom. The largest absolute Gasteiger partial charge is 0.491 e. The molecule has 2 heterocycles. The van der Waals surface area contributed by atoms with Crippen LogP contribution < -0.4 is 9.64 Å². The van der Waals surface area contributed by atoms with Crippen molar-refractivity contribution in [3.63, 3.8) is 0 Å². The Labute approximate surface area is 149 Å². The number of nitrogens with zero attached hydrogens (tertiary/aromatic N) is 3. The van der Waals surface area contributed by atoms with E-state index in [1.165, 1.54) is 18.4 Å². The predicted molar refractivity (Wildman–Crippen MR) is 100.0 cm³/mol. The first-order chi connectivity index (χ1) is 12.3. The van der Waals surface area contributed by atoms with Crippen LogP contribution in [-0.4, -0.2) is 54.4 Å².